The zero-order valence-corrected chi connectivity index (χ0v) is 15.5. The Morgan fingerprint density at radius 2 is 1.75 bits per heavy atom. The van der Waals surface area contributed by atoms with Crippen molar-refractivity contribution in [2.75, 3.05) is 7.11 Å². The third-order valence-corrected chi connectivity index (χ3v) is 4.42. The highest BCUT2D eigenvalue weighted by atomic mass is 16.6. The van der Waals surface area contributed by atoms with Crippen molar-refractivity contribution >= 4 is 17.2 Å². The number of nitro benzene ring substituents is 1. The Hall–Kier alpha value is -3.41. The lowest BCUT2D eigenvalue weighted by atomic mass is 10.0. The summed E-state index contributed by atoms with van der Waals surface area (Å²) in [6.45, 7) is 0. The van der Waals surface area contributed by atoms with Gasteiger partial charge in [0.15, 0.2) is 0 Å². The van der Waals surface area contributed by atoms with E-state index in [-0.39, 0.29) is 17.9 Å². The molecule has 0 aliphatic heterocycles. The molecule has 6 nitrogen and oxygen atoms in total. The number of nitro groups is 1. The van der Waals surface area contributed by atoms with E-state index >= 15 is 0 Å². The standard InChI is InChI=1S/C22H21NO5/c1-27-19-12-8-17(9-13-19)21(16-6-7-16)4-2-3-5-22(24)28-20-14-10-18(11-15-20)23(25)26/h2-4,8-16H,5-7H2,1H3/b3-2+,21-4+. The molecule has 0 spiro atoms. The number of nitrogens with zero attached hydrogens (tertiary/aromatic N) is 1. The van der Waals surface area contributed by atoms with Crippen LogP contribution in [0.25, 0.3) is 5.57 Å². The fourth-order valence-electron chi connectivity index (χ4n) is 2.79. The molecule has 2 aromatic carbocycles. The fraction of sp³-hybridized carbons (Fsp3) is 0.227. The van der Waals surface area contributed by atoms with Crippen LogP contribution in [0, 0.1) is 16.0 Å². The van der Waals surface area contributed by atoms with Crippen molar-refractivity contribution in [2.45, 2.75) is 19.3 Å². The van der Waals surface area contributed by atoms with E-state index in [4.69, 9.17) is 9.47 Å². The van der Waals surface area contributed by atoms with Gasteiger partial charge in [-0.25, -0.2) is 0 Å². The molecule has 0 atom stereocenters. The van der Waals surface area contributed by atoms with E-state index in [1.165, 1.54) is 42.7 Å². The highest BCUT2D eigenvalue weighted by Crippen LogP contribution is 2.42. The van der Waals surface area contributed by atoms with Crippen LogP contribution in [-0.2, 0) is 4.79 Å². The maximum Gasteiger partial charge on any atom is 0.315 e. The first-order valence-corrected chi connectivity index (χ1v) is 9.03. The van der Waals surface area contributed by atoms with E-state index in [1.54, 1.807) is 13.2 Å². The number of rotatable bonds is 8. The van der Waals surface area contributed by atoms with Crippen molar-refractivity contribution in [3.63, 3.8) is 0 Å². The topological polar surface area (TPSA) is 78.7 Å². The first-order chi connectivity index (χ1) is 13.6. The van der Waals surface area contributed by atoms with Crippen molar-refractivity contribution in [2.24, 2.45) is 5.92 Å². The molecule has 0 amide bonds. The number of esters is 1. The molecule has 0 saturated heterocycles. The quantitative estimate of drug-likeness (QED) is 0.213. The van der Waals surface area contributed by atoms with Crippen LogP contribution in [0.5, 0.6) is 11.5 Å². The molecule has 1 fully saturated rings. The molecule has 28 heavy (non-hydrogen) atoms. The Labute approximate surface area is 163 Å². The van der Waals surface area contributed by atoms with Gasteiger partial charge < -0.3 is 9.47 Å². The van der Waals surface area contributed by atoms with Gasteiger partial charge in [-0.05, 0) is 54.2 Å². The molecule has 1 aliphatic carbocycles. The predicted molar refractivity (Wildman–Crippen MR) is 106 cm³/mol. The van der Waals surface area contributed by atoms with Gasteiger partial charge in [0.05, 0.1) is 18.5 Å². The number of ether oxygens (including phenoxy) is 2. The Morgan fingerprint density at radius 1 is 1.11 bits per heavy atom. The first-order valence-electron chi connectivity index (χ1n) is 9.03. The number of hydrogen-bond acceptors (Lipinski definition) is 5. The minimum absolute atomic E-state index is 0.0454. The lowest BCUT2D eigenvalue weighted by Crippen LogP contribution is -2.06. The van der Waals surface area contributed by atoms with Crippen molar-refractivity contribution < 1.29 is 19.2 Å². The predicted octanol–water partition coefficient (Wildman–Crippen LogP) is 4.95. The molecule has 6 heteroatoms. The Morgan fingerprint density at radius 3 is 2.32 bits per heavy atom. The van der Waals surface area contributed by atoms with Crippen LogP contribution < -0.4 is 9.47 Å². The summed E-state index contributed by atoms with van der Waals surface area (Å²) in [5, 5.41) is 10.6. The van der Waals surface area contributed by atoms with Crippen LogP contribution in [0.2, 0.25) is 0 Å². The third kappa shape index (κ3) is 5.30. The minimum atomic E-state index is -0.499. The van der Waals surface area contributed by atoms with E-state index < -0.39 is 10.9 Å². The molecule has 2 aromatic rings. The Kier molecular flexibility index (Phi) is 6.22. The van der Waals surface area contributed by atoms with Crippen molar-refractivity contribution in [3.05, 3.63) is 82.4 Å². The average Bonchev–Trinajstić information content (AvgIpc) is 3.53. The number of carbonyl (C=O) groups is 1. The molecule has 1 aliphatic rings. The number of carbonyl (C=O) groups excluding carboxylic acids is 1. The van der Waals surface area contributed by atoms with Crippen LogP contribution >= 0.6 is 0 Å². The Balaban J connectivity index is 1.57. The summed E-state index contributed by atoms with van der Waals surface area (Å²) >= 11 is 0. The van der Waals surface area contributed by atoms with E-state index in [9.17, 15) is 14.9 Å². The lowest BCUT2D eigenvalue weighted by molar-refractivity contribution is -0.384. The monoisotopic (exact) mass is 379 g/mol. The van der Waals surface area contributed by atoms with Gasteiger partial charge in [-0.1, -0.05) is 30.4 Å². The zero-order valence-electron chi connectivity index (χ0n) is 15.5. The fourth-order valence-corrected chi connectivity index (χ4v) is 2.79. The smallest absolute Gasteiger partial charge is 0.315 e. The number of hydrogen-bond donors (Lipinski definition) is 0. The highest BCUT2D eigenvalue weighted by Gasteiger charge is 2.26. The van der Waals surface area contributed by atoms with Gasteiger partial charge in [0.1, 0.15) is 11.5 Å². The van der Waals surface area contributed by atoms with E-state index in [0.717, 1.165) is 11.3 Å². The number of benzene rings is 2. The molecule has 3 rings (SSSR count). The molecule has 0 aromatic heterocycles. The maximum atomic E-state index is 11.9. The second-order valence-electron chi connectivity index (χ2n) is 6.48. The summed E-state index contributed by atoms with van der Waals surface area (Å²) in [5.74, 6) is 1.25. The second kappa shape index (κ2) is 8.99. The third-order valence-electron chi connectivity index (χ3n) is 4.42. The second-order valence-corrected chi connectivity index (χ2v) is 6.48. The largest absolute Gasteiger partial charge is 0.497 e. The molecule has 0 N–H and O–H groups in total. The summed E-state index contributed by atoms with van der Waals surface area (Å²) in [4.78, 5) is 22.0. The van der Waals surface area contributed by atoms with Gasteiger partial charge in [0, 0.05) is 12.1 Å². The van der Waals surface area contributed by atoms with E-state index in [1.807, 2.05) is 36.4 Å². The normalized spacial score (nSPS) is 14.1. The van der Waals surface area contributed by atoms with Crippen molar-refractivity contribution in [1.29, 1.82) is 0 Å². The summed E-state index contributed by atoms with van der Waals surface area (Å²) < 4.78 is 10.4. The van der Waals surface area contributed by atoms with Gasteiger partial charge in [-0.15, -0.1) is 0 Å². The van der Waals surface area contributed by atoms with Gasteiger partial charge in [0.2, 0.25) is 0 Å². The molecular weight excluding hydrogens is 358 g/mol. The van der Waals surface area contributed by atoms with Crippen LogP contribution in [-0.4, -0.2) is 18.0 Å². The van der Waals surface area contributed by atoms with Crippen LogP contribution in [0.3, 0.4) is 0 Å². The van der Waals surface area contributed by atoms with Gasteiger partial charge in [-0.3, -0.25) is 14.9 Å². The van der Waals surface area contributed by atoms with Gasteiger partial charge in [0.25, 0.3) is 5.69 Å². The summed E-state index contributed by atoms with van der Waals surface area (Å²) in [6.07, 6.45) is 8.13. The van der Waals surface area contributed by atoms with Gasteiger partial charge in [-0.2, -0.15) is 0 Å². The van der Waals surface area contributed by atoms with E-state index in [2.05, 4.69) is 0 Å². The van der Waals surface area contributed by atoms with Crippen LogP contribution in [0.4, 0.5) is 5.69 Å². The minimum Gasteiger partial charge on any atom is -0.497 e. The molecule has 144 valence electrons. The summed E-state index contributed by atoms with van der Waals surface area (Å²) in [6, 6.07) is 13.4. The number of methoxy groups -OCH3 is 1. The summed E-state index contributed by atoms with van der Waals surface area (Å²) in [7, 11) is 1.64. The molecule has 0 radical (unpaired) electrons. The molecular formula is C22H21NO5. The molecule has 0 unspecified atom stereocenters. The van der Waals surface area contributed by atoms with Crippen LogP contribution in [0.1, 0.15) is 24.8 Å². The Bertz CT molecular complexity index is 894. The lowest BCUT2D eigenvalue weighted by Gasteiger charge is -2.07. The zero-order chi connectivity index (χ0) is 19.9. The van der Waals surface area contributed by atoms with Crippen molar-refractivity contribution in [3.8, 4) is 11.5 Å². The van der Waals surface area contributed by atoms with Crippen LogP contribution in [0.15, 0.2) is 66.8 Å². The summed E-state index contributed by atoms with van der Waals surface area (Å²) in [5.41, 5.74) is 2.36. The highest BCUT2D eigenvalue weighted by molar-refractivity contribution is 5.75. The molecule has 0 heterocycles. The number of allylic oxidation sites excluding steroid dienone is 3. The molecule has 1 saturated carbocycles. The first kappa shape index (κ1) is 19.4. The van der Waals surface area contributed by atoms with Gasteiger partial charge >= 0.3 is 5.97 Å². The number of non-ortho nitro benzene ring substituents is 1. The maximum absolute atomic E-state index is 11.9. The van der Waals surface area contributed by atoms with Crippen molar-refractivity contribution in [1.82, 2.24) is 0 Å². The average molecular weight is 379 g/mol. The van der Waals surface area contributed by atoms with E-state index in [0.29, 0.717) is 5.92 Å². The SMILES string of the molecule is COc1ccc(/C(=C/C=C/CC(=O)Oc2ccc([N+](=O)[O-])cc2)C2CC2)cc1. The molecule has 0 bridgehead atoms.